The molecule has 1 aromatic rings. The van der Waals surface area contributed by atoms with Crippen LogP contribution in [-0.4, -0.2) is 17.5 Å². The van der Waals surface area contributed by atoms with Gasteiger partial charge in [-0.05, 0) is 31.2 Å². The highest BCUT2D eigenvalue weighted by Gasteiger charge is 2.27. The molecule has 0 saturated carbocycles. The van der Waals surface area contributed by atoms with Gasteiger partial charge in [0.1, 0.15) is 0 Å². The van der Waals surface area contributed by atoms with E-state index in [-0.39, 0.29) is 11.4 Å². The first kappa shape index (κ1) is 15.7. The van der Waals surface area contributed by atoms with E-state index < -0.39 is 6.04 Å². The number of nitrogens with one attached hydrogen (secondary N) is 1. The predicted molar refractivity (Wildman–Crippen MR) is 79.9 cm³/mol. The van der Waals surface area contributed by atoms with E-state index in [1.165, 1.54) is 0 Å². The van der Waals surface area contributed by atoms with Gasteiger partial charge in [0, 0.05) is 5.54 Å². The number of carbonyl (C=O) groups is 1. The maximum Gasteiger partial charge on any atom is 0.237 e. The van der Waals surface area contributed by atoms with E-state index in [0.29, 0.717) is 6.42 Å². The summed E-state index contributed by atoms with van der Waals surface area (Å²) in [4.78, 5) is 12.2. The Labute approximate surface area is 116 Å². The molecule has 0 fully saturated rings. The summed E-state index contributed by atoms with van der Waals surface area (Å²) in [5, 5.41) is 3.14. The molecule has 0 unspecified atom stereocenters. The lowest BCUT2D eigenvalue weighted by atomic mass is 9.89. The topological polar surface area (TPSA) is 55.1 Å². The van der Waals surface area contributed by atoms with Crippen LogP contribution in [-0.2, 0) is 11.2 Å². The maximum absolute atomic E-state index is 12.2. The van der Waals surface area contributed by atoms with Gasteiger partial charge in [0.05, 0.1) is 6.04 Å². The van der Waals surface area contributed by atoms with Gasteiger partial charge in [-0.1, -0.05) is 51.1 Å². The van der Waals surface area contributed by atoms with Gasteiger partial charge in [-0.15, -0.1) is 0 Å². The molecule has 0 saturated heterocycles. The Bertz CT molecular complexity index is 377. The van der Waals surface area contributed by atoms with Crippen LogP contribution in [0.3, 0.4) is 0 Å². The number of amides is 1. The number of nitrogens with two attached hydrogens (primary N) is 1. The van der Waals surface area contributed by atoms with Crippen LogP contribution in [0.1, 0.15) is 45.6 Å². The van der Waals surface area contributed by atoms with Gasteiger partial charge >= 0.3 is 0 Å². The van der Waals surface area contributed by atoms with E-state index in [1.54, 1.807) is 0 Å². The van der Waals surface area contributed by atoms with Crippen LogP contribution in [0.15, 0.2) is 30.3 Å². The predicted octanol–water partition coefficient (Wildman–Crippen LogP) is 2.64. The monoisotopic (exact) mass is 262 g/mol. The summed E-state index contributed by atoms with van der Waals surface area (Å²) in [6, 6.07) is 9.42. The van der Waals surface area contributed by atoms with Crippen molar-refractivity contribution in [1.29, 1.82) is 0 Å². The zero-order valence-electron chi connectivity index (χ0n) is 12.3. The first-order valence-electron chi connectivity index (χ1n) is 7.18. The van der Waals surface area contributed by atoms with E-state index in [9.17, 15) is 4.79 Å². The van der Waals surface area contributed by atoms with Gasteiger partial charge in [-0.3, -0.25) is 4.79 Å². The van der Waals surface area contributed by atoms with Crippen LogP contribution in [0.2, 0.25) is 0 Å². The summed E-state index contributed by atoms with van der Waals surface area (Å²) >= 11 is 0. The molecule has 0 heterocycles. The average Bonchev–Trinajstić information content (AvgIpc) is 2.45. The largest absolute Gasteiger partial charge is 0.349 e. The lowest BCUT2D eigenvalue weighted by molar-refractivity contribution is -0.124. The van der Waals surface area contributed by atoms with Crippen molar-refractivity contribution in [2.75, 3.05) is 0 Å². The van der Waals surface area contributed by atoms with E-state index in [2.05, 4.69) is 26.1 Å². The lowest BCUT2D eigenvalue weighted by Gasteiger charge is -2.33. The molecule has 0 aromatic heterocycles. The SMILES string of the molecule is CCC(CC)(CC)NC(=O)[C@@H](N)Cc1ccccc1. The molecule has 0 bridgehead atoms. The molecule has 1 amide bonds. The molecule has 0 aliphatic carbocycles. The summed E-state index contributed by atoms with van der Waals surface area (Å²) in [6.07, 6.45) is 3.39. The van der Waals surface area contributed by atoms with Crippen LogP contribution >= 0.6 is 0 Å². The van der Waals surface area contributed by atoms with Gasteiger partial charge in [-0.2, -0.15) is 0 Å². The normalized spacial score (nSPS) is 13.1. The molecule has 106 valence electrons. The van der Waals surface area contributed by atoms with Gasteiger partial charge in [0.2, 0.25) is 5.91 Å². The molecule has 0 aliphatic heterocycles. The van der Waals surface area contributed by atoms with E-state index in [1.807, 2.05) is 30.3 Å². The minimum Gasteiger partial charge on any atom is -0.349 e. The van der Waals surface area contributed by atoms with Crippen molar-refractivity contribution in [3.8, 4) is 0 Å². The quantitative estimate of drug-likeness (QED) is 0.793. The number of hydrogen-bond donors (Lipinski definition) is 2. The summed E-state index contributed by atoms with van der Waals surface area (Å²) in [5.74, 6) is -0.0468. The van der Waals surface area contributed by atoms with Crippen molar-refractivity contribution in [2.45, 2.75) is 58.0 Å². The third-order valence-electron chi connectivity index (χ3n) is 4.05. The lowest BCUT2D eigenvalue weighted by Crippen LogP contribution is -2.53. The third kappa shape index (κ3) is 4.35. The van der Waals surface area contributed by atoms with Crippen LogP contribution in [0.5, 0.6) is 0 Å². The standard InChI is InChI=1S/C16H26N2O/c1-4-16(5-2,6-3)18-15(19)14(17)12-13-10-8-7-9-11-13/h7-11,14H,4-6,12,17H2,1-3H3,(H,18,19)/t14-/m0/s1. The fourth-order valence-corrected chi connectivity index (χ4v) is 2.33. The first-order valence-corrected chi connectivity index (χ1v) is 7.18. The summed E-state index contributed by atoms with van der Waals surface area (Å²) in [5.41, 5.74) is 7.00. The van der Waals surface area contributed by atoms with Crippen molar-refractivity contribution in [3.63, 3.8) is 0 Å². The van der Waals surface area contributed by atoms with Crippen molar-refractivity contribution in [1.82, 2.24) is 5.32 Å². The van der Waals surface area contributed by atoms with Crippen LogP contribution in [0.25, 0.3) is 0 Å². The Hall–Kier alpha value is -1.35. The fourth-order valence-electron chi connectivity index (χ4n) is 2.33. The maximum atomic E-state index is 12.2. The summed E-state index contributed by atoms with van der Waals surface area (Å²) in [6.45, 7) is 6.32. The second kappa shape index (κ2) is 7.29. The number of benzene rings is 1. The first-order chi connectivity index (χ1) is 9.06. The van der Waals surface area contributed by atoms with Gasteiger partial charge < -0.3 is 11.1 Å². The average molecular weight is 262 g/mol. The number of rotatable bonds is 7. The van der Waals surface area contributed by atoms with Gasteiger partial charge in [0.15, 0.2) is 0 Å². The molecule has 0 radical (unpaired) electrons. The molecule has 0 aliphatic rings. The second-order valence-corrected chi connectivity index (χ2v) is 5.13. The Balaban J connectivity index is 2.62. The molecule has 3 N–H and O–H groups in total. The number of hydrogen-bond acceptors (Lipinski definition) is 2. The van der Waals surface area contributed by atoms with Crippen LogP contribution in [0.4, 0.5) is 0 Å². The Morgan fingerprint density at radius 2 is 1.68 bits per heavy atom. The zero-order valence-corrected chi connectivity index (χ0v) is 12.3. The van der Waals surface area contributed by atoms with Crippen molar-refractivity contribution < 1.29 is 4.79 Å². The van der Waals surface area contributed by atoms with E-state index in [0.717, 1.165) is 24.8 Å². The molecule has 1 atom stereocenters. The minimum atomic E-state index is -0.480. The molecule has 1 rings (SSSR count). The second-order valence-electron chi connectivity index (χ2n) is 5.13. The highest BCUT2D eigenvalue weighted by Crippen LogP contribution is 2.19. The summed E-state index contributed by atoms with van der Waals surface area (Å²) < 4.78 is 0. The van der Waals surface area contributed by atoms with Crippen molar-refractivity contribution >= 4 is 5.91 Å². The zero-order chi connectivity index (χ0) is 14.3. The third-order valence-corrected chi connectivity index (χ3v) is 4.05. The minimum absolute atomic E-state index is 0.0468. The Kier molecular flexibility index (Phi) is 6.03. The molecular weight excluding hydrogens is 236 g/mol. The fraction of sp³-hybridized carbons (Fsp3) is 0.562. The van der Waals surface area contributed by atoms with E-state index >= 15 is 0 Å². The smallest absolute Gasteiger partial charge is 0.237 e. The Morgan fingerprint density at radius 1 is 1.16 bits per heavy atom. The van der Waals surface area contributed by atoms with Crippen LogP contribution in [0, 0.1) is 0 Å². The molecule has 0 spiro atoms. The molecular formula is C16H26N2O. The highest BCUT2D eigenvalue weighted by atomic mass is 16.2. The molecule has 19 heavy (non-hydrogen) atoms. The van der Waals surface area contributed by atoms with E-state index in [4.69, 9.17) is 5.73 Å². The Morgan fingerprint density at radius 3 is 2.16 bits per heavy atom. The van der Waals surface area contributed by atoms with Crippen molar-refractivity contribution in [3.05, 3.63) is 35.9 Å². The van der Waals surface area contributed by atoms with Crippen molar-refractivity contribution in [2.24, 2.45) is 5.73 Å². The molecule has 3 nitrogen and oxygen atoms in total. The van der Waals surface area contributed by atoms with Crippen LogP contribution < -0.4 is 11.1 Å². The van der Waals surface area contributed by atoms with Gasteiger partial charge in [-0.25, -0.2) is 0 Å². The molecule has 1 aromatic carbocycles. The summed E-state index contributed by atoms with van der Waals surface area (Å²) in [7, 11) is 0. The van der Waals surface area contributed by atoms with Gasteiger partial charge in [0.25, 0.3) is 0 Å². The number of carbonyl (C=O) groups excluding carboxylic acids is 1. The molecule has 3 heteroatoms. The highest BCUT2D eigenvalue weighted by molar-refractivity contribution is 5.82.